The summed E-state index contributed by atoms with van der Waals surface area (Å²) in [5.74, 6) is -0.352. The van der Waals surface area contributed by atoms with Gasteiger partial charge in [-0.15, -0.1) is 0 Å². The van der Waals surface area contributed by atoms with Crippen LogP contribution in [0.1, 0.15) is 6.92 Å². The van der Waals surface area contributed by atoms with E-state index in [2.05, 4.69) is 0 Å². The number of esters is 1. The molecule has 0 aliphatic heterocycles. The third kappa shape index (κ3) is 10.2. The number of carbonyl (C=O) groups excluding carboxylic acids is 1. The first kappa shape index (κ1) is 16.3. The molecule has 102 valence electrons. The lowest BCUT2D eigenvalue weighted by Gasteiger charge is -2.19. The summed E-state index contributed by atoms with van der Waals surface area (Å²) in [4.78, 5) is 12.8. The molecule has 6 nitrogen and oxygen atoms in total. The molecular weight excluding hydrogens is 226 g/mol. The lowest BCUT2D eigenvalue weighted by Crippen LogP contribution is -2.34. The maximum Gasteiger partial charge on any atom is 0.332 e. The molecule has 0 heterocycles. The molecule has 0 aliphatic carbocycles. The molecule has 0 rings (SSSR count). The van der Waals surface area contributed by atoms with Gasteiger partial charge in [0.05, 0.1) is 25.9 Å². The van der Waals surface area contributed by atoms with Gasteiger partial charge in [0.15, 0.2) is 0 Å². The van der Waals surface area contributed by atoms with E-state index in [1.54, 1.807) is 14.0 Å². The number of hydrogen-bond donors (Lipinski definition) is 1. The normalized spacial score (nSPS) is 12.8. The minimum Gasteiger partial charge on any atom is -0.464 e. The average Bonchev–Trinajstić information content (AvgIpc) is 2.25. The van der Waals surface area contributed by atoms with Gasteiger partial charge in [0, 0.05) is 20.2 Å². The van der Waals surface area contributed by atoms with Crippen LogP contribution in [0.3, 0.4) is 0 Å². The molecule has 0 aromatic rings. The predicted molar refractivity (Wildman–Crippen MR) is 62.8 cm³/mol. The van der Waals surface area contributed by atoms with Gasteiger partial charge in [0.1, 0.15) is 6.61 Å². The van der Waals surface area contributed by atoms with Crippen LogP contribution in [-0.2, 0) is 19.0 Å². The summed E-state index contributed by atoms with van der Waals surface area (Å²) in [6.45, 7) is 3.98. The number of hydrogen-bond acceptors (Lipinski definition) is 6. The second-order valence-corrected chi connectivity index (χ2v) is 3.73. The molecule has 0 fully saturated rings. The molecule has 0 aliphatic rings. The van der Waals surface area contributed by atoms with Crippen molar-refractivity contribution in [3.63, 3.8) is 0 Å². The Balaban J connectivity index is 3.44. The SMILES string of the molecule is CCOC(=O)COCCN(C)CC(O)COC. The Morgan fingerprint density at radius 1 is 1.47 bits per heavy atom. The number of carbonyl (C=O) groups is 1. The molecule has 1 N–H and O–H groups in total. The van der Waals surface area contributed by atoms with Gasteiger partial charge in [-0.25, -0.2) is 4.79 Å². The van der Waals surface area contributed by atoms with Crippen molar-refractivity contribution < 1.29 is 24.1 Å². The molecule has 1 atom stereocenters. The van der Waals surface area contributed by atoms with Crippen LogP contribution in [0.15, 0.2) is 0 Å². The predicted octanol–water partition coefficient (Wildman–Crippen LogP) is -0.495. The third-order valence-corrected chi connectivity index (χ3v) is 2.02. The Bertz CT molecular complexity index is 200. The van der Waals surface area contributed by atoms with Crippen molar-refractivity contribution in [2.24, 2.45) is 0 Å². The van der Waals surface area contributed by atoms with Crippen LogP contribution in [0, 0.1) is 0 Å². The van der Waals surface area contributed by atoms with Crippen LogP contribution in [0.5, 0.6) is 0 Å². The van der Waals surface area contributed by atoms with Crippen LogP contribution >= 0.6 is 0 Å². The van der Waals surface area contributed by atoms with Gasteiger partial charge in [-0.2, -0.15) is 0 Å². The Morgan fingerprint density at radius 3 is 2.76 bits per heavy atom. The fourth-order valence-electron chi connectivity index (χ4n) is 1.27. The zero-order valence-corrected chi connectivity index (χ0v) is 10.8. The molecule has 0 saturated carbocycles. The standard InChI is InChI=1S/C11H23NO5/c1-4-17-11(14)9-16-6-5-12(2)7-10(13)8-15-3/h10,13H,4-9H2,1-3H3. The van der Waals surface area contributed by atoms with Crippen molar-refractivity contribution in [1.82, 2.24) is 4.90 Å². The number of likely N-dealkylation sites (N-methyl/N-ethyl adjacent to an activating group) is 1. The van der Waals surface area contributed by atoms with Gasteiger partial charge in [0.25, 0.3) is 0 Å². The van der Waals surface area contributed by atoms with Gasteiger partial charge in [-0.05, 0) is 14.0 Å². The molecule has 0 amide bonds. The van der Waals surface area contributed by atoms with Crippen LogP contribution in [0.2, 0.25) is 0 Å². The average molecular weight is 249 g/mol. The van der Waals surface area contributed by atoms with E-state index in [-0.39, 0.29) is 12.6 Å². The van der Waals surface area contributed by atoms with Gasteiger partial charge in [0.2, 0.25) is 0 Å². The number of nitrogens with zero attached hydrogens (tertiary/aromatic N) is 1. The van der Waals surface area contributed by atoms with E-state index < -0.39 is 6.10 Å². The number of rotatable bonds is 10. The first-order valence-electron chi connectivity index (χ1n) is 5.69. The minimum atomic E-state index is -0.505. The first-order chi connectivity index (χ1) is 8.10. The highest BCUT2D eigenvalue weighted by atomic mass is 16.6. The van der Waals surface area contributed by atoms with Crippen molar-refractivity contribution in [2.45, 2.75) is 13.0 Å². The van der Waals surface area contributed by atoms with Gasteiger partial charge in [-0.3, -0.25) is 0 Å². The van der Waals surface area contributed by atoms with Crippen LogP contribution < -0.4 is 0 Å². The highest BCUT2D eigenvalue weighted by Crippen LogP contribution is 1.91. The van der Waals surface area contributed by atoms with Crippen LogP contribution in [-0.4, -0.2) is 75.8 Å². The molecule has 17 heavy (non-hydrogen) atoms. The van der Waals surface area contributed by atoms with Crippen molar-refractivity contribution in [3.05, 3.63) is 0 Å². The molecule has 1 unspecified atom stereocenters. The Morgan fingerprint density at radius 2 is 2.18 bits per heavy atom. The summed E-state index contributed by atoms with van der Waals surface area (Å²) in [7, 11) is 3.41. The van der Waals surface area contributed by atoms with E-state index in [0.717, 1.165) is 0 Å². The Hall–Kier alpha value is -0.690. The minimum absolute atomic E-state index is 0.0255. The largest absolute Gasteiger partial charge is 0.464 e. The van der Waals surface area contributed by atoms with E-state index in [1.807, 2.05) is 11.9 Å². The second-order valence-electron chi connectivity index (χ2n) is 3.73. The topological polar surface area (TPSA) is 68.2 Å². The molecular formula is C11H23NO5. The molecule has 0 spiro atoms. The van der Waals surface area contributed by atoms with Gasteiger partial charge in [-0.1, -0.05) is 0 Å². The molecule has 0 bridgehead atoms. The van der Waals surface area contributed by atoms with Crippen LogP contribution in [0.4, 0.5) is 0 Å². The summed E-state index contributed by atoms with van der Waals surface area (Å²) >= 11 is 0. The zero-order chi connectivity index (χ0) is 13.1. The number of aliphatic hydroxyl groups excluding tert-OH is 1. The lowest BCUT2D eigenvalue weighted by atomic mass is 10.3. The molecule has 6 heteroatoms. The monoisotopic (exact) mass is 249 g/mol. The Kier molecular flexibility index (Phi) is 10.0. The third-order valence-electron chi connectivity index (χ3n) is 2.02. The van der Waals surface area contributed by atoms with Crippen molar-refractivity contribution in [1.29, 1.82) is 0 Å². The van der Waals surface area contributed by atoms with E-state index in [9.17, 15) is 9.90 Å². The van der Waals surface area contributed by atoms with E-state index in [1.165, 1.54) is 0 Å². The van der Waals surface area contributed by atoms with Gasteiger partial charge < -0.3 is 24.2 Å². The maximum absolute atomic E-state index is 10.9. The van der Waals surface area contributed by atoms with Crippen molar-refractivity contribution in [2.75, 3.05) is 53.7 Å². The van der Waals surface area contributed by atoms with Crippen LogP contribution in [0.25, 0.3) is 0 Å². The van der Waals surface area contributed by atoms with E-state index >= 15 is 0 Å². The summed E-state index contributed by atoms with van der Waals surface area (Å²) in [6, 6.07) is 0. The highest BCUT2D eigenvalue weighted by molar-refractivity contribution is 5.70. The summed E-state index contributed by atoms with van der Waals surface area (Å²) in [6.07, 6.45) is -0.505. The number of methoxy groups -OCH3 is 1. The summed E-state index contributed by atoms with van der Waals surface area (Å²) in [5.41, 5.74) is 0. The molecule has 0 aromatic carbocycles. The lowest BCUT2D eigenvalue weighted by molar-refractivity contribution is -0.148. The van der Waals surface area contributed by atoms with Crippen molar-refractivity contribution >= 4 is 5.97 Å². The van der Waals surface area contributed by atoms with Crippen molar-refractivity contribution in [3.8, 4) is 0 Å². The number of ether oxygens (including phenoxy) is 3. The fourth-order valence-corrected chi connectivity index (χ4v) is 1.27. The zero-order valence-electron chi connectivity index (χ0n) is 10.8. The fraction of sp³-hybridized carbons (Fsp3) is 0.909. The van der Waals surface area contributed by atoms with E-state index in [0.29, 0.717) is 32.9 Å². The Labute approximate surface area is 102 Å². The highest BCUT2D eigenvalue weighted by Gasteiger charge is 2.08. The maximum atomic E-state index is 10.9. The summed E-state index contributed by atoms with van der Waals surface area (Å²) in [5, 5.41) is 9.45. The first-order valence-corrected chi connectivity index (χ1v) is 5.69. The molecule has 0 saturated heterocycles. The van der Waals surface area contributed by atoms with E-state index in [4.69, 9.17) is 14.2 Å². The molecule has 0 aromatic heterocycles. The molecule has 0 radical (unpaired) electrons. The van der Waals surface area contributed by atoms with Gasteiger partial charge >= 0.3 is 5.97 Å². The smallest absolute Gasteiger partial charge is 0.332 e. The quantitative estimate of drug-likeness (QED) is 0.416. The second kappa shape index (κ2) is 10.5. The number of aliphatic hydroxyl groups is 1. The summed E-state index contributed by atoms with van der Waals surface area (Å²) < 4.78 is 14.7.